The molecule has 3 aromatic rings. The van der Waals surface area contributed by atoms with Crippen LogP contribution in [-0.4, -0.2) is 39.7 Å². The van der Waals surface area contributed by atoms with Crippen molar-refractivity contribution in [1.82, 2.24) is 14.7 Å². The third-order valence-corrected chi connectivity index (χ3v) is 6.88. The monoisotopic (exact) mass is 508 g/mol. The quantitative estimate of drug-likeness (QED) is 0.401. The van der Waals surface area contributed by atoms with E-state index in [1.165, 1.54) is 4.90 Å². The Balaban J connectivity index is 1.82. The Kier molecular flexibility index (Phi) is 7.79. The van der Waals surface area contributed by atoms with Gasteiger partial charge in [0.15, 0.2) is 5.69 Å². The number of hydrogen-bond donors (Lipinski definition) is 3. The molecule has 0 radical (unpaired) electrons. The van der Waals surface area contributed by atoms with Gasteiger partial charge in [-0.05, 0) is 73.3 Å². The van der Waals surface area contributed by atoms with E-state index in [1.54, 1.807) is 48.8 Å². The number of carbonyl (C=O) groups excluding carboxylic acids is 3. The number of benzene rings is 1. The number of amides is 3. The maximum atomic E-state index is 14.0. The van der Waals surface area contributed by atoms with Crippen molar-refractivity contribution >= 4 is 40.6 Å². The van der Waals surface area contributed by atoms with Crippen molar-refractivity contribution in [2.24, 2.45) is 5.73 Å². The maximum Gasteiger partial charge on any atom is 0.273 e. The van der Waals surface area contributed by atoms with Crippen LogP contribution in [0.15, 0.2) is 48.8 Å². The molecule has 1 aliphatic rings. The number of carbonyl (C=O) groups is 3. The zero-order chi connectivity index (χ0) is 25.7. The largest absolute Gasteiger partial charge is 0.494 e. The highest BCUT2D eigenvalue weighted by Gasteiger charge is 2.37. The number of rotatable bonds is 9. The van der Waals surface area contributed by atoms with Crippen molar-refractivity contribution in [2.45, 2.75) is 44.7 Å². The van der Waals surface area contributed by atoms with Crippen LogP contribution in [-0.2, 0) is 4.79 Å². The van der Waals surface area contributed by atoms with Gasteiger partial charge in [0.1, 0.15) is 16.7 Å². The SMILES string of the molecule is CCOc1ccc(N(C(=O)c2snc(C(N)=O)c2N)[C@@H](C(=O)NC2CCCC2)c2ccncc2)cc1. The topological polar surface area (TPSA) is 154 Å². The molecule has 5 N–H and O–H groups in total. The summed E-state index contributed by atoms with van der Waals surface area (Å²) in [5, 5.41) is 3.11. The molecule has 0 aliphatic heterocycles. The molecule has 36 heavy (non-hydrogen) atoms. The summed E-state index contributed by atoms with van der Waals surface area (Å²) in [5.74, 6) is -1.11. The molecule has 3 amide bonds. The van der Waals surface area contributed by atoms with Crippen LogP contribution >= 0.6 is 11.5 Å². The molecule has 1 aliphatic carbocycles. The first-order valence-electron chi connectivity index (χ1n) is 11.7. The molecule has 188 valence electrons. The standard InChI is InChI=1S/C25H28N6O4S/c1-2-35-18-9-7-17(8-10-18)31(25(34)22-19(26)20(23(27)32)30-36-22)21(15-11-13-28-14-12-15)24(33)29-16-5-3-4-6-16/h7-14,16,21H,2-6,26H2,1H3,(H2,27,32)(H,29,33)/t21-/m1/s1. The zero-order valence-corrected chi connectivity index (χ0v) is 20.7. The summed E-state index contributed by atoms with van der Waals surface area (Å²) in [7, 11) is 0. The first kappa shape index (κ1) is 25.1. The number of nitrogen functional groups attached to an aromatic ring is 1. The fourth-order valence-corrected chi connectivity index (χ4v) is 5.05. The van der Waals surface area contributed by atoms with Gasteiger partial charge in [-0.1, -0.05) is 12.8 Å². The first-order valence-corrected chi connectivity index (χ1v) is 12.5. The fraction of sp³-hybridized carbons (Fsp3) is 0.320. The summed E-state index contributed by atoms with van der Waals surface area (Å²) in [6.45, 7) is 2.36. The van der Waals surface area contributed by atoms with Gasteiger partial charge < -0.3 is 21.5 Å². The molecule has 1 atom stereocenters. The van der Waals surface area contributed by atoms with Gasteiger partial charge in [0, 0.05) is 24.1 Å². The van der Waals surface area contributed by atoms with Gasteiger partial charge >= 0.3 is 0 Å². The van der Waals surface area contributed by atoms with Crippen molar-refractivity contribution in [1.29, 1.82) is 0 Å². The molecular weight excluding hydrogens is 480 g/mol. The van der Waals surface area contributed by atoms with Crippen molar-refractivity contribution in [2.75, 3.05) is 17.2 Å². The second-order valence-corrected chi connectivity index (χ2v) is 9.19. The number of aromatic nitrogens is 2. The highest BCUT2D eigenvalue weighted by molar-refractivity contribution is 7.09. The summed E-state index contributed by atoms with van der Waals surface area (Å²) in [4.78, 5) is 44.9. The Labute approximate surface area is 212 Å². The second-order valence-electron chi connectivity index (χ2n) is 8.41. The zero-order valence-electron chi connectivity index (χ0n) is 19.8. The highest BCUT2D eigenvalue weighted by Crippen LogP contribution is 2.34. The van der Waals surface area contributed by atoms with Crippen LogP contribution in [0.25, 0.3) is 0 Å². The van der Waals surface area contributed by atoms with Gasteiger partial charge in [-0.2, -0.15) is 4.37 Å². The van der Waals surface area contributed by atoms with Gasteiger partial charge in [-0.3, -0.25) is 24.3 Å². The van der Waals surface area contributed by atoms with Gasteiger partial charge in [0.05, 0.1) is 12.3 Å². The molecule has 0 spiro atoms. The lowest BCUT2D eigenvalue weighted by Gasteiger charge is -2.32. The number of nitrogens with two attached hydrogens (primary N) is 2. The van der Waals surface area contributed by atoms with Gasteiger partial charge in [-0.25, -0.2) is 0 Å². The van der Waals surface area contributed by atoms with E-state index in [2.05, 4.69) is 14.7 Å². The minimum atomic E-state index is -1.03. The number of nitrogens with one attached hydrogen (secondary N) is 1. The van der Waals surface area contributed by atoms with E-state index >= 15 is 0 Å². The van der Waals surface area contributed by atoms with E-state index in [0.29, 0.717) is 23.6 Å². The second kappa shape index (κ2) is 11.2. The number of hydrogen-bond acceptors (Lipinski definition) is 8. The summed E-state index contributed by atoms with van der Waals surface area (Å²) in [6, 6.07) is 9.24. The number of ether oxygens (including phenoxy) is 1. The predicted octanol–water partition coefficient (Wildman–Crippen LogP) is 3.06. The Morgan fingerprint density at radius 2 is 1.81 bits per heavy atom. The van der Waals surface area contributed by atoms with Gasteiger partial charge in [0.25, 0.3) is 11.8 Å². The lowest BCUT2D eigenvalue weighted by atomic mass is 10.0. The lowest BCUT2D eigenvalue weighted by Crippen LogP contribution is -2.46. The van der Waals surface area contributed by atoms with Gasteiger partial charge in [-0.15, -0.1) is 0 Å². The molecule has 1 saturated carbocycles. The van der Waals surface area contributed by atoms with Crippen molar-refractivity contribution < 1.29 is 19.1 Å². The molecule has 2 aromatic heterocycles. The van der Waals surface area contributed by atoms with E-state index in [-0.39, 0.29) is 28.2 Å². The molecule has 2 heterocycles. The van der Waals surface area contributed by atoms with Crippen molar-refractivity contribution in [3.63, 3.8) is 0 Å². The van der Waals surface area contributed by atoms with Gasteiger partial charge in [0.2, 0.25) is 5.91 Å². The Morgan fingerprint density at radius 1 is 1.14 bits per heavy atom. The van der Waals surface area contributed by atoms with E-state index < -0.39 is 17.9 Å². The van der Waals surface area contributed by atoms with Crippen molar-refractivity contribution in [3.8, 4) is 5.75 Å². The van der Waals surface area contributed by atoms with E-state index in [4.69, 9.17) is 16.2 Å². The molecule has 0 bridgehead atoms. The van der Waals surface area contributed by atoms with Crippen LogP contribution in [0.5, 0.6) is 5.75 Å². The number of nitrogens with zero attached hydrogens (tertiary/aromatic N) is 3. The fourth-order valence-electron chi connectivity index (χ4n) is 4.31. The Bertz CT molecular complexity index is 1230. The normalized spacial score (nSPS) is 14.2. The number of primary amides is 1. The summed E-state index contributed by atoms with van der Waals surface area (Å²) < 4.78 is 9.52. The highest BCUT2D eigenvalue weighted by atomic mass is 32.1. The molecule has 1 fully saturated rings. The Hall–Kier alpha value is -3.99. The van der Waals surface area contributed by atoms with Crippen LogP contribution in [0.4, 0.5) is 11.4 Å². The minimum Gasteiger partial charge on any atom is -0.494 e. The minimum absolute atomic E-state index is 0.0189. The third kappa shape index (κ3) is 5.30. The molecule has 11 heteroatoms. The molecule has 1 aromatic carbocycles. The summed E-state index contributed by atoms with van der Waals surface area (Å²) in [6.07, 6.45) is 6.99. The molecule has 4 rings (SSSR count). The van der Waals surface area contributed by atoms with Crippen LogP contribution in [0.2, 0.25) is 0 Å². The summed E-state index contributed by atoms with van der Waals surface area (Å²) in [5.41, 5.74) is 12.2. The smallest absolute Gasteiger partial charge is 0.273 e. The average Bonchev–Trinajstić information content (AvgIpc) is 3.53. The average molecular weight is 509 g/mol. The molecular formula is C25H28N6O4S. The van der Waals surface area contributed by atoms with E-state index in [1.807, 2.05) is 6.92 Å². The van der Waals surface area contributed by atoms with E-state index in [9.17, 15) is 14.4 Å². The first-order chi connectivity index (χ1) is 17.4. The molecule has 0 saturated heterocycles. The van der Waals surface area contributed by atoms with Crippen LogP contribution in [0, 0.1) is 0 Å². The summed E-state index contributed by atoms with van der Waals surface area (Å²) >= 11 is 0.768. The Morgan fingerprint density at radius 3 is 2.39 bits per heavy atom. The number of anilines is 2. The van der Waals surface area contributed by atoms with Crippen LogP contribution in [0.1, 0.15) is 64.4 Å². The van der Waals surface area contributed by atoms with Crippen molar-refractivity contribution in [3.05, 3.63) is 64.9 Å². The number of pyridine rings is 1. The molecule has 10 nitrogen and oxygen atoms in total. The predicted molar refractivity (Wildman–Crippen MR) is 137 cm³/mol. The third-order valence-electron chi connectivity index (χ3n) is 6.03. The van der Waals surface area contributed by atoms with E-state index in [0.717, 1.165) is 37.2 Å². The van der Waals surface area contributed by atoms with Crippen LogP contribution in [0.3, 0.4) is 0 Å². The maximum absolute atomic E-state index is 14.0. The van der Waals surface area contributed by atoms with Crippen LogP contribution < -0.4 is 26.4 Å². The lowest BCUT2D eigenvalue weighted by molar-refractivity contribution is -0.123. The molecule has 0 unspecified atom stereocenters.